The molecule has 0 radical (unpaired) electrons. The molecular formula is C11H17N3O2S. The second-order valence-electron chi connectivity index (χ2n) is 4.00. The molecule has 17 heavy (non-hydrogen) atoms. The number of amides is 1. The molecule has 0 fully saturated rings. The summed E-state index contributed by atoms with van der Waals surface area (Å²) >= 11 is 5.14. The van der Waals surface area contributed by atoms with E-state index >= 15 is 0 Å². The molecule has 5 nitrogen and oxygen atoms in total. The quantitative estimate of drug-likeness (QED) is 0.778. The molecule has 1 aromatic heterocycles. The number of nitrogens with two attached hydrogens (primary N) is 1. The number of carbonyl (C=O) groups excluding carboxylic acids is 1. The van der Waals surface area contributed by atoms with Gasteiger partial charge in [-0.2, -0.15) is 0 Å². The Morgan fingerprint density at radius 2 is 2.29 bits per heavy atom. The van der Waals surface area contributed by atoms with Crippen LogP contribution in [0.4, 0.5) is 0 Å². The molecule has 0 spiro atoms. The van der Waals surface area contributed by atoms with Gasteiger partial charge in [0.25, 0.3) is 0 Å². The number of hydrogen-bond donors (Lipinski definition) is 2. The van der Waals surface area contributed by atoms with Crippen molar-refractivity contribution in [3.63, 3.8) is 0 Å². The van der Waals surface area contributed by atoms with E-state index in [1.807, 2.05) is 6.92 Å². The average molecular weight is 255 g/mol. The van der Waals surface area contributed by atoms with Gasteiger partial charge >= 0.3 is 5.69 Å². The second kappa shape index (κ2) is 5.77. The first-order chi connectivity index (χ1) is 7.97. The molecule has 0 saturated carbocycles. The Morgan fingerprint density at radius 3 is 2.76 bits per heavy atom. The topological polar surface area (TPSA) is 80.9 Å². The molecule has 0 saturated heterocycles. The van der Waals surface area contributed by atoms with E-state index < -0.39 is 11.8 Å². The lowest BCUT2D eigenvalue weighted by Crippen LogP contribution is -2.28. The standard InChI is InChI=1S/C11H17N3O2S/c1-3-4-5-14-9(17)6-8(13-11(14)16)7(2)10(12)15/h6-7H,3-5H2,1-2H3,(H2,12,15)(H,13,16). The minimum Gasteiger partial charge on any atom is -0.369 e. The third kappa shape index (κ3) is 3.26. The van der Waals surface area contributed by atoms with Gasteiger partial charge in [0, 0.05) is 12.2 Å². The summed E-state index contributed by atoms with van der Waals surface area (Å²) in [7, 11) is 0. The number of hydrogen-bond acceptors (Lipinski definition) is 3. The van der Waals surface area contributed by atoms with E-state index in [-0.39, 0.29) is 5.69 Å². The van der Waals surface area contributed by atoms with E-state index in [9.17, 15) is 9.59 Å². The van der Waals surface area contributed by atoms with Crippen LogP contribution in [0.5, 0.6) is 0 Å². The fourth-order valence-corrected chi connectivity index (χ4v) is 1.75. The van der Waals surface area contributed by atoms with Crippen molar-refractivity contribution in [2.24, 2.45) is 5.73 Å². The van der Waals surface area contributed by atoms with Crippen LogP contribution in [-0.4, -0.2) is 15.5 Å². The third-order valence-electron chi connectivity index (χ3n) is 2.67. The molecule has 6 heteroatoms. The monoisotopic (exact) mass is 255 g/mol. The van der Waals surface area contributed by atoms with Gasteiger partial charge in [0.05, 0.1) is 5.92 Å². The number of aromatic nitrogens is 2. The van der Waals surface area contributed by atoms with Crippen LogP contribution < -0.4 is 11.4 Å². The summed E-state index contributed by atoms with van der Waals surface area (Å²) < 4.78 is 1.93. The zero-order valence-electron chi connectivity index (χ0n) is 10.0. The number of nitrogens with one attached hydrogen (secondary N) is 1. The van der Waals surface area contributed by atoms with Gasteiger partial charge in [-0.25, -0.2) is 4.79 Å². The lowest BCUT2D eigenvalue weighted by Gasteiger charge is -2.10. The van der Waals surface area contributed by atoms with Gasteiger partial charge in [0.15, 0.2) is 0 Å². The van der Waals surface area contributed by atoms with Gasteiger partial charge in [-0.3, -0.25) is 9.36 Å². The first-order valence-electron chi connectivity index (χ1n) is 5.60. The molecule has 94 valence electrons. The first-order valence-corrected chi connectivity index (χ1v) is 6.01. The molecule has 0 aliphatic carbocycles. The predicted octanol–water partition coefficient (Wildman–Crippen LogP) is 1.29. The SMILES string of the molecule is CCCCn1c(=S)cc(C(C)C(N)=O)[nH]c1=O. The molecule has 1 atom stereocenters. The molecular weight excluding hydrogens is 238 g/mol. The summed E-state index contributed by atoms with van der Waals surface area (Å²) in [5.41, 5.74) is 5.37. The van der Waals surface area contributed by atoms with Gasteiger partial charge in [0.2, 0.25) is 5.91 Å². The van der Waals surface area contributed by atoms with Crippen molar-refractivity contribution in [1.82, 2.24) is 9.55 Å². The van der Waals surface area contributed by atoms with E-state index in [1.54, 1.807) is 13.0 Å². The summed E-state index contributed by atoms with van der Waals surface area (Å²) in [6.07, 6.45) is 1.88. The maximum atomic E-state index is 11.8. The molecule has 1 amide bonds. The van der Waals surface area contributed by atoms with Crippen molar-refractivity contribution in [3.8, 4) is 0 Å². The normalized spacial score (nSPS) is 12.4. The van der Waals surface area contributed by atoms with Crippen LogP contribution in [0.1, 0.15) is 38.3 Å². The van der Waals surface area contributed by atoms with Crippen LogP contribution >= 0.6 is 12.2 Å². The van der Waals surface area contributed by atoms with Crippen LogP contribution in [-0.2, 0) is 11.3 Å². The molecule has 0 aliphatic heterocycles. The molecule has 1 unspecified atom stereocenters. The fourth-order valence-electron chi connectivity index (χ4n) is 1.45. The lowest BCUT2D eigenvalue weighted by molar-refractivity contribution is -0.119. The van der Waals surface area contributed by atoms with Crippen molar-refractivity contribution in [2.75, 3.05) is 0 Å². The number of nitrogens with zero attached hydrogens (tertiary/aromatic N) is 1. The number of unbranched alkanes of at least 4 members (excludes halogenated alkanes) is 1. The smallest absolute Gasteiger partial charge is 0.326 e. The van der Waals surface area contributed by atoms with E-state index in [0.29, 0.717) is 16.9 Å². The summed E-state index contributed by atoms with van der Waals surface area (Å²) in [5, 5.41) is 0. The Balaban J connectivity index is 3.14. The van der Waals surface area contributed by atoms with Crippen LogP contribution in [0.3, 0.4) is 0 Å². The van der Waals surface area contributed by atoms with Crippen LogP contribution in [0.15, 0.2) is 10.9 Å². The van der Waals surface area contributed by atoms with Gasteiger partial charge < -0.3 is 10.7 Å². The highest BCUT2D eigenvalue weighted by atomic mass is 32.1. The summed E-state index contributed by atoms with van der Waals surface area (Å²) in [6, 6.07) is 1.63. The zero-order valence-corrected chi connectivity index (χ0v) is 10.8. The average Bonchev–Trinajstić information content (AvgIpc) is 2.26. The van der Waals surface area contributed by atoms with Crippen LogP contribution in [0, 0.1) is 4.64 Å². The van der Waals surface area contributed by atoms with Crippen molar-refractivity contribution < 1.29 is 4.79 Å². The van der Waals surface area contributed by atoms with E-state index in [2.05, 4.69) is 4.98 Å². The Kier molecular flexibility index (Phi) is 4.62. The molecule has 0 bridgehead atoms. The fraction of sp³-hybridized carbons (Fsp3) is 0.545. The third-order valence-corrected chi connectivity index (χ3v) is 3.01. The number of carbonyl (C=O) groups is 1. The molecule has 0 aliphatic rings. The molecule has 1 heterocycles. The summed E-state index contributed by atoms with van der Waals surface area (Å²) in [4.78, 5) is 25.5. The van der Waals surface area contributed by atoms with Crippen molar-refractivity contribution in [2.45, 2.75) is 39.2 Å². The first kappa shape index (κ1) is 13.6. The maximum absolute atomic E-state index is 11.8. The van der Waals surface area contributed by atoms with Crippen molar-refractivity contribution >= 4 is 18.1 Å². The van der Waals surface area contributed by atoms with Crippen molar-refractivity contribution in [3.05, 3.63) is 26.9 Å². The van der Waals surface area contributed by atoms with Gasteiger partial charge in [-0.05, 0) is 19.4 Å². The molecule has 3 N–H and O–H groups in total. The lowest BCUT2D eigenvalue weighted by atomic mass is 10.1. The largest absolute Gasteiger partial charge is 0.369 e. The molecule has 1 aromatic rings. The number of aromatic amines is 1. The highest BCUT2D eigenvalue weighted by molar-refractivity contribution is 7.71. The summed E-state index contributed by atoms with van der Waals surface area (Å²) in [5.74, 6) is -1.02. The van der Waals surface area contributed by atoms with E-state index in [1.165, 1.54) is 4.57 Å². The Morgan fingerprint density at radius 1 is 1.65 bits per heavy atom. The minimum atomic E-state index is -0.537. The van der Waals surface area contributed by atoms with E-state index in [0.717, 1.165) is 12.8 Å². The zero-order chi connectivity index (χ0) is 13.0. The summed E-state index contributed by atoms with van der Waals surface area (Å²) in [6.45, 7) is 4.27. The van der Waals surface area contributed by atoms with Gasteiger partial charge in [0.1, 0.15) is 4.64 Å². The van der Waals surface area contributed by atoms with Crippen LogP contribution in [0.25, 0.3) is 0 Å². The van der Waals surface area contributed by atoms with E-state index in [4.69, 9.17) is 18.0 Å². The Bertz CT molecular complexity index is 487. The van der Waals surface area contributed by atoms with Crippen molar-refractivity contribution in [1.29, 1.82) is 0 Å². The number of primary amides is 1. The predicted molar refractivity (Wildman–Crippen MR) is 68.4 cm³/mol. The van der Waals surface area contributed by atoms with Gasteiger partial charge in [-0.15, -0.1) is 0 Å². The number of H-pyrrole nitrogens is 1. The van der Waals surface area contributed by atoms with Crippen LogP contribution in [0.2, 0.25) is 0 Å². The van der Waals surface area contributed by atoms with Gasteiger partial charge in [-0.1, -0.05) is 25.6 Å². The Hall–Kier alpha value is -1.43. The molecule has 1 rings (SSSR count). The Labute approximate surface area is 105 Å². The second-order valence-corrected chi connectivity index (χ2v) is 4.42. The highest BCUT2D eigenvalue weighted by Crippen LogP contribution is 2.10. The minimum absolute atomic E-state index is 0.283. The molecule has 0 aromatic carbocycles. The number of rotatable bonds is 5. The maximum Gasteiger partial charge on any atom is 0.326 e. The highest BCUT2D eigenvalue weighted by Gasteiger charge is 2.13.